The third-order valence-electron chi connectivity index (χ3n) is 4.98. The van der Waals surface area contributed by atoms with Gasteiger partial charge in [-0.05, 0) is 53.7 Å². The van der Waals surface area contributed by atoms with Crippen LogP contribution in [0.15, 0.2) is 96.4 Å². The van der Waals surface area contributed by atoms with Crippen molar-refractivity contribution in [1.29, 1.82) is 0 Å². The molecule has 0 aliphatic rings. The van der Waals surface area contributed by atoms with E-state index in [1.165, 1.54) is 16.7 Å². The first kappa shape index (κ1) is 24.2. The SMILES string of the molecule is C=C/C=C(/CNCc1cc(CNCc2ccccn2)cc(CNCc2ccccn2)c1)N=C. The third kappa shape index (κ3) is 8.90. The summed E-state index contributed by atoms with van der Waals surface area (Å²) in [5, 5.41) is 10.4. The van der Waals surface area contributed by atoms with Crippen LogP contribution in [0.1, 0.15) is 28.1 Å². The lowest BCUT2D eigenvalue weighted by atomic mass is 10.0. The van der Waals surface area contributed by atoms with Crippen LogP contribution in [0.4, 0.5) is 0 Å². The van der Waals surface area contributed by atoms with Gasteiger partial charge in [-0.3, -0.25) is 15.0 Å². The van der Waals surface area contributed by atoms with Gasteiger partial charge in [0.15, 0.2) is 0 Å². The fraction of sp³-hybridized carbons (Fsp3) is 0.222. The standard InChI is InChI=1S/C27H32N6/c1-3-8-25(28-2)19-29-16-22-13-23(17-30-20-26-9-4-6-11-32-26)15-24(14-22)18-31-21-27-10-5-7-12-33-27/h3-15,29-31H,1-2,16-21H2/b25-8-. The minimum Gasteiger partial charge on any atom is -0.307 e. The Hall–Kier alpha value is -3.45. The van der Waals surface area contributed by atoms with Crippen LogP contribution >= 0.6 is 0 Å². The van der Waals surface area contributed by atoms with Gasteiger partial charge in [0.1, 0.15) is 0 Å². The van der Waals surface area contributed by atoms with Gasteiger partial charge in [-0.25, -0.2) is 0 Å². The molecule has 0 unspecified atom stereocenters. The summed E-state index contributed by atoms with van der Waals surface area (Å²) < 4.78 is 0. The smallest absolute Gasteiger partial charge is 0.0541 e. The van der Waals surface area contributed by atoms with Crippen molar-refractivity contribution in [1.82, 2.24) is 25.9 Å². The predicted octanol–water partition coefficient (Wildman–Crippen LogP) is 3.92. The van der Waals surface area contributed by atoms with E-state index in [0.29, 0.717) is 6.54 Å². The molecule has 0 saturated carbocycles. The average Bonchev–Trinajstić information content (AvgIpc) is 2.85. The summed E-state index contributed by atoms with van der Waals surface area (Å²) in [6, 6.07) is 18.7. The Bertz CT molecular complexity index is 967. The minimum atomic E-state index is 0.644. The Labute approximate surface area is 196 Å². The van der Waals surface area contributed by atoms with E-state index in [-0.39, 0.29) is 0 Å². The molecular weight excluding hydrogens is 408 g/mol. The maximum atomic E-state index is 4.38. The van der Waals surface area contributed by atoms with E-state index in [4.69, 9.17) is 0 Å². The molecule has 1 aromatic carbocycles. The van der Waals surface area contributed by atoms with E-state index >= 15 is 0 Å². The molecule has 0 saturated heterocycles. The van der Waals surface area contributed by atoms with Gasteiger partial charge in [-0.2, -0.15) is 0 Å². The lowest BCUT2D eigenvalue weighted by molar-refractivity contribution is 0.664. The Kier molecular flexibility index (Phi) is 10.2. The lowest BCUT2D eigenvalue weighted by Crippen LogP contribution is -2.18. The average molecular weight is 441 g/mol. The van der Waals surface area contributed by atoms with Crippen molar-refractivity contribution in [2.75, 3.05) is 6.54 Å². The van der Waals surface area contributed by atoms with Crippen molar-refractivity contribution in [3.05, 3.63) is 119 Å². The molecule has 2 aromatic heterocycles. The molecule has 3 rings (SSSR count). The first-order valence-electron chi connectivity index (χ1n) is 11.1. The molecule has 3 aromatic rings. The first-order valence-corrected chi connectivity index (χ1v) is 11.1. The first-order chi connectivity index (χ1) is 16.3. The van der Waals surface area contributed by atoms with Crippen LogP contribution < -0.4 is 16.0 Å². The molecular formula is C27H32N6. The number of rotatable bonds is 14. The highest BCUT2D eigenvalue weighted by atomic mass is 14.9. The topological polar surface area (TPSA) is 74.2 Å². The van der Waals surface area contributed by atoms with Crippen LogP contribution in [0.2, 0.25) is 0 Å². The lowest BCUT2D eigenvalue weighted by Gasteiger charge is -2.13. The third-order valence-corrected chi connectivity index (χ3v) is 4.98. The van der Waals surface area contributed by atoms with Crippen molar-refractivity contribution < 1.29 is 0 Å². The minimum absolute atomic E-state index is 0.644. The molecule has 0 bridgehead atoms. The molecule has 2 heterocycles. The highest BCUT2D eigenvalue weighted by molar-refractivity contribution is 5.32. The molecule has 3 N–H and O–H groups in total. The summed E-state index contributed by atoms with van der Waals surface area (Å²) in [5.41, 5.74) is 6.64. The predicted molar refractivity (Wildman–Crippen MR) is 136 cm³/mol. The van der Waals surface area contributed by atoms with Crippen LogP contribution in [-0.2, 0) is 32.7 Å². The number of aliphatic imine (C=N–C) groups is 1. The van der Waals surface area contributed by atoms with Crippen molar-refractivity contribution in [2.45, 2.75) is 32.7 Å². The monoisotopic (exact) mass is 440 g/mol. The van der Waals surface area contributed by atoms with Crippen molar-refractivity contribution in [3.8, 4) is 0 Å². The second-order valence-corrected chi connectivity index (χ2v) is 7.66. The van der Waals surface area contributed by atoms with Crippen LogP contribution in [0, 0.1) is 0 Å². The number of nitrogens with zero attached hydrogens (tertiary/aromatic N) is 3. The fourth-order valence-corrected chi connectivity index (χ4v) is 3.46. The normalized spacial score (nSPS) is 11.3. The molecule has 33 heavy (non-hydrogen) atoms. The summed E-state index contributed by atoms with van der Waals surface area (Å²) in [6.45, 7) is 11.7. The summed E-state index contributed by atoms with van der Waals surface area (Å²) in [5.74, 6) is 0. The van der Waals surface area contributed by atoms with Crippen molar-refractivity contribution >= 4 is 6.72 Å². The Morgan fingerprint density at radius 2 is 1.27 bits per heavy atom. The molecule has 6 nitrogen and oxygen atoms in total. The Morgan fingerprint density at radius 1 is 0.758 bits per heavy atom. The zero-order chi connectivity index (χ0) is 23.1. The van der Waals surface area contributed by atoms with Gasteiger partial charge in [-0.15, -0.1) is 0 Å². The number of pyridine rings is 2. The Balaban J connectivity index is 1.62. The van der Waals surface area contributed by atoms with Gasteiger partial charge < -0.3 is 16.0 Å². The molecule has 0 atom stereocenters. The molecule has 0 radical (unpaired) electrons. The van der Waals surface area contributed by atoms with E-state index in [2.05, 4.69) is 62.4 Å². The number of benzene rings is 1. The van der Waals surface area contributed by atoms with Crippen LogP contribution in [-0.4, -0.2) is 23.2 Å². The number of hydrogen-bond donors (Lipinski definition) is 3. The molecule has 0 aliphatic carbocycles. The van der Waals surface area contributed by atoms with Crippen molar-refractivity contribution in [3.63, 3.8) is 0 Å². The summed E-state index contributed by atoms with van der Waals surface area (Å²) in [7, 11) is 0. The summed E-state index contributed by atoms with van der Waals surface area (Å²) >= 11 is 0. The van der Waals surface area contributed by atoms with Gasteiger partial charge >= 0.3 is 0 Å². The van der Waals surface area contributed by atoms with E-state index < -0.39 is 0 Å². The maximum absolute atomic E-state index is 4.38. The number of hydrogen-bond acceptors (Lipinski definition) is 6. The summed E-state index contributed by atoms with van der Waals surface area (Å²) in [4.78, 5) is 12.8. The molecule has 0 amide bonds. The Morgan fingerprint density at radius 3 is 1.70 bits per heavy atom. The van der Waals surface area contributed by atoms with Crippen LogP contribution in [0.5, 0.6) is 0 Å². The molecule has 0 aliphatic heterocycles. The highest BCUT2D eigenvalue weighted by Crippen LogP contribution is 2.12. The molecule has 0 fully saturated rings. The number of aromatic nitrogens is 2. The quantitative estimate of drug-likeness (QED) is 0.262. The molecule has 0 spiro atoms. The zero-order valence-electron chi connectivity index (χ0n) is 19.0. The summed E-state index contributed by atoms with van der Waals surface area (Å²) in [6.07, 6.45) is 7.24. The van der Waals surface area contributed by atoms with E-state index in [1.807, 2.05) is 54.9 Å². The molecule has 6 heteroatoms. The second kappa shape index (κ2) is 13.9. The van der Waals surface area contributed by atoms with E-state index in [0.717, 1.165) is 49.8 Å². The van der Waals surface area contributed by atoms with Gasteiger partial charge in [0.25, 0.3) is 0 Å². The number of allylic oxidation sites excluding steroid dienone is 2. The van der Waals surface area contributed by atoms with Crippen molar-refractivity contribution in [2.24, 2.45) is 4.99 Å². The maximum Gasteiger partial charge on any atom is 0.0541 e. The fourth-order valence-electron chi connectivity index (χ4n) is 3.46. The van der Waals surface area contributed by atoms with Gasteiger partial charge in [-0.1, -0.05) is 43.0 Å². The number of nitrogens with one attached hydrogen (secondary N) is 3. The van der Waals surface area contributed by atoms with E-state index in [1.54, 1.807) is 6.08 Å². The molecule has 170 valence electrons. The second-order valence-electron chi connectivity index (χ2n) is 7.66. The van der Waals surface area contributed by atoms with E-state index in [9.17, 15) is 0 Å². The largest absolute Gasteiger partial charge is 0.307 e. The van der Waals surface area contributed by atoms with Gasteiger partial charge in [0.2, 0.25) is 0 Å². The van der Waals surface area contributed by atoms with Crippen LogP contribution in [0.3, 0.4) is 0 Å². The van der Waals surface area contributed by atoms with Crippen LogP contribution in [0.25, 0.3) is 0 Å². The van der Waals surface area contributed by atoms with Gasteiger partial charge in [0.05, 0.1) is 17.1 Å². The highest BCUT2D eigenvalue weighted by Gasteiger charge is 2.04. The zero-order valence-corrected chi connectivity index (χ0v) is 19.0. The van der Waals surface area contributed by atoms with Gasteiger partial charge in [0, 0.05) is 51.7 Å².